The summed E-state index contributed by atoms with van der Waals surface area (Å²) in [5.74, 6) is -0.594. The minimum absolute atomic E-state index is 0.0166. The van der Waals surface area contributed by atoms with Crippen LogP contribution in [0.15, 0.2) is 35.2 Å². The van der Waals surface area contributed by atoms with Gasteiger partial charge < -0.3 is 14.2 Å². The third-order valence-electron chi connectivity index (χ3n) is 4.41. The lowest BCUT2D eigenvalue weighted by Crippen LogP contribution is -2.27. The fourth-order valence-electron chi connectivity index (χ4n) is 2.90. The van der Waals surface area contributed by atoms with Crippen molar-refractivity contribution in [3.63, 3.8) is 0 Å². The summed E-state index contributed by atoms with van der Waals surface area (Å²) < 4.78 is 15.6. The Morgan fingerprint density at radius 2 is 1.88 bits per heavy atom. The minimum atomic E-state index is -0.547. The third kappa shape index (κ3) is 6.14. The second kappa shape index (κ2) is 11.2. The van der Waals surface area contributed by atoms with E-state index in [-0.39, 0.29) is 41.2 Å². The minimum Gasteiger partial charge on any atom is -0.493 e. The van der Waals surface area contributed by atoms with Gasteiger partial charge in [0.2, 0.25) is 0 Å². The predicted octanol–water partition coefficient (Wildman–Crippen LogP) is 5.83. The van der Waals surface area contributed by atoms with Crippen molar-refractivity contribution in [3.05, 3.63) is 61.4 Å². The summed E-state index contributed by atoms with van der Waals surface area (Å²) in [4.78, 5) is 38.2. The molecule has 7 nitrogen and oxygen atoms in total. The third-order valence-corrected chi connectivity index (χ3v) is 6.18. The van der Waals surface area contributed by atoms with Gasteiger partial charge in [0.25, 0.3) is 11.1 Å². The molecule has 0 unspecified atom stereocenters. The lowest BCUT2D eigenvalue weighted by molar-refractivity contribution is -0.145. The molecule has 174 valence electrons. The van der Waals surface area contributed by atoms with Gasteiger partial charge in [-0.1, -0.05) is 40.9 Å². The van der Waals surface area contributed by atoms with E-state index >= 15 is 0 Å². The number of thioether (sulfide) groups is 1. The molecule has 0 radical (unpaired) electrons. The first-order valence-corrected chi connectivity index (χ1v) is 11.5. The number of benzene rings is 2. The fraction of sp³-hybridized carbons (Fsp3) is 0.227. The van der Waals surface area contributed by atoms with Gasteiger partial charge in [-0.15, -0.1) is 0 Å². The largest absolute Gasteiger partial charge is 0.493 e. The molecule has 0 N–H and O–H groups in total. The van der Waals surface area contributed by atoms with E-state index in [1.165, 1.54) is 19.3 Å². The average Bonchev–Trinajstić information content (AvgIpc) is 3.01. The Labute approximate surface area is 209 Å². The van der Waals surface area contributed by atoms with Crippen LogP contribution >= 0.6 is 46.6 Å². The van der Waals surface area contributed by atoms with Crippen molar-refractivity contribution < 1.29 is 28.6 Å². The molecule has 33 heavy (non-hydrogen) atoms. The standard InChI is InChI=1S/C22H18Cl3NO6S/c1-3-31-19(27)11-32-20-16(25)6-12(7-17(20)30-2)8-18-21(28)26(22(29)33-18)10-13-4-5-14(23)9-15(13)24/h4-9H,3,10-11H2,1-2H3/b18-8-. The molecule has 0 bridgehead atoms. The van der Waals surface area contributed by atoms with Crippen LogP contribution < -0.4 is 9.47 Å². The van der Waals surface area contributed by atoms with Gasteiger partial charge >= 0.3 is 5.97 Å². The number of carbonyl (C=O) groups excluding carboxylic acids is 3. The summed E-state index contributed by atoms with van der Waals surface area (Å²) in [5, 5.41) is 0.556. The van der Waals surface area contributed by atoms with E-state index in [1.807, 2.05) is 0 Å². The molecule has 2 aromatic carbocycles. The van der Waals surface area contributed by atoms with E-state index in [1.54, 1.807) is 31.2 Å². The molecule has 0 saturated carbocycles. The summed E-state index contributed by atoms with van der Waals surface area (Å²) in [6.45, 7) is 1.59. The Morgan fingerprint density at radius 3 is 2.55 bits per heavy atom. The summed E-state index contributed by atoms with van der Waals surface area (Å²) in [5.41, 5.74) is 1.10. The van der Waals surface area contributed by atoms with Crippen molar-refractivity contribution >= 4 is 69.8 Å². The van der Waals surface area contributed by atoms with Gasteiger partial charge in [-0.3, -0.25) is 14.5 Å². The number of hydrogen-bond acceptors (Lipinski definition) is 7. The van der Waals surface area contributed by atoms with Gasteiger partial charge in [0, 0.05) is 10.0 Å². The zero-order chi connectivity index (χ0) is 24.1. The molecule has 1 aliphatic rings. The number of amides is 2. The van der Waals surface area contributed by atoms with Gasteiger partial charge in [0.05, 0.1) is 30.2 Å². The highest BCUT2D eigenvalue weighted by atomic mass is 35.5. The van der Waals surface area contributed by atoms with Crippen LogP contribution in [-0.2, 0) is 20.9 Å². The summed E-state index contributed by atoms with van der Waals surface area (Å²) in [6, 6.07) is 7.97. The Bertz CT molecular complexity index is 1140. The maximum atomic E-state index is 12.9. The SMILES string of the molecule is CCOC(=O)COc1c(Cl)cc(/C=C2\SC(=O)N(Cc3ccc(Cl)cc3Cl)C2=O)cc1OC. The van der Waals surface area contributed by atoms with Crippen molar-refractivity contribution in [1.29, 1.82) is 0 Å². The first-order valence-electron chi connectivity index (χ1n) is 9.58. The van der Waals surface area contributed by atoms with Crippen LogP contribution in [0.4, 0.5) is 4.79 Å². The smallest absolute Gasteiger partial charge is 0.344 e. The number of esters is 1. The van der Waals surface area contributed by atoms with E-state index in [0.29, 0.717) is 21.2 Å². The molecule has 0 spiro atoms. The molecule has 0 aliphatic carbocycles. The van der Waals surface area contributed by atoms with Gasteiger partial charge in [-0.25, -0.2) is 4.79 Å². The zero-order valence-corrected chi connectivity index (χ0v) is 20.6. The Hall–Kier alpha value is -2.39. The van der Waals surface area contributed by atoms with E-state index in [2.05, 4.69) is 0 Å². The molecule has 3 rings (SSSR count). The number of imide groups is 1. The van der Waals surface area contributed by atoms with Crippen molar-refractivity contribution in [2.45, 2.75) is 13.5 Å². The van der Waals surface area contributed by atoms with Crippen LogP contribution in [0.3, 0.4) is 0 Å². The average molecular weight is 531 g/mol. The molecular formula is C22H18Cl3NO6S. The second-order valence-electron chi connectivity index (χ2n) is 6.63. The predicted molar refractivity (Wildman–Crippen MR) is 128 cm³/mol. The summed E-state index contributed by atoms with van der Waals surface area (Å²) >= 11 is 19.2. The molecule has 2 aromatic rings. The Kier molecular flexibility index (Phi) is 8.53. The number of ether oxygens (including phenoxy) is 3. The van der Waals surface area contributed by atoms with Crippen LogP contribution in [0.5, 0.6) is 11.5 Å². The van der Waals surface area contributed by atoms with Crippen LogP contribution in [0, 0.1) is 0 Å². The zero-order valence-electron chi connectivity index (χ0n) is 17.5. The summed E-state index contributed by atoms with van der Waals surface area (Å²) in [6.07, 6.45) is 1.53. The molecule has 0 aromatic heterocycles. The number of hydrogen-bond donors (Lipinski definition) is 0. The number of halogens is 3. The van der Waals surface area contributed by atoms with Gasteiger partial charge in [-0.2, -0.15) is 0 Å². The molecule has 2 amide bonds. The molecule has 1 heterocycles. The number of carbonyl (C=O) groups is 3. The van der Waals surface area contributed by atoms with Crippen LogP contribution in [-0.4, -0.2) is 42.3 Å². The number of rotatable bonds is 8. The van der Waals surface area contributed by atoms with Gasteiger partial charge in [0.15, 0.2) is 18.1 Å². The van der Waals surface area contributed by atoms with Gasteiger partial charge in [0.1, 0.15) is 0 Å². The van der Waals surface area contributed by atoms with E-state index in [4.69, 9.17) is 49.0 Å². The molecule has 11 heteroatoms. The monoisotopic (exact) mass is 529 g/mol. The van der Waals surface area contributed by atoms with Crippen LogP contribution in [0.25, 0.3) is 6.08 Å². The first-order chi connectivity index (χ1) is 15.7. The maximum Gasteiger partial charge on any atom is 0.344 e. The van der Waals surface area contributed by atoms with Gasteiger partial charge in [-0.05, 0) is 60.2 Å². The molecule has 1 fully saturated rings. The Balaban J connectivity index is 1.81. The fourth-order valence-corrected chi connectivity index (χ4v) is 4.49. The van der Waals surface area contributed by atoms with E-state index in [9.17, 15) is 14.4 Å². The first kappa shape index (κ1) is 25.2. The van der Waals surface area contributed by atoms with Crippen LogP contribution in [0.2, 0.25) is 15.1 Å². The van der Waals surface area contributed by atoms with Crippen LogP contribution in [0.1, 0.15) is 18.1 Å². The lowest BCUT2D eigenvalue weighted by atomic mass is 10.1. The topological polar surface area (TPSA) is 82.1 Å². The highest BCUT2D eigenvalue weighted by Crippen LogP contribution is 2.39. The molecule has 0 atom stereocenters. The number of methoxy groups -OCH3 is 1. The molecular weight excluding hydrogens is 513 g/mol. The Morgan fingerprint density at radius 1 is 1.12 bits per heavy atom. The molecule has 1 aliphatic heterocycles. The number of nitrogens with zero attached hydrogens (tertiary/aromatic N) is 1. The van der Waals surface area contributed by atoms with Crippen molar-refractivity contribution in [3.8, 4) is 11.5 Å². The normalized spacial score (nSPS) is 14.7. The maximum absolute atomic E-state index is 12.9. The summed E-state index contributed by atoms with van der Waals surface area (Å²) in [7, 11) is 1.41. The molecule has 1 saturated heterocycles. The van der Waals surface area contributed by atoms with Crippen molar-refractivity contribution in [2.24, 2.45) is 0 Å². The van der Waals surface area contributed by atoms with E-state index < -0.39 is 17.1 Å². The second-order valence-corrected chi connectivity index (χ2v) is 8.88. The highest BCUT2D eigenvalue weighted by Gasteiger charge is 2.35. The van der Waals surface area contributed by atoms with Crippen molar-refractivity contribution in [1.82, 2.24) is 4.90 Å². The quantitative estimate of drug-likeness (QED) is 0.313. The lowest BCUT2D eigenvalue weighted by Gasteiger charge is -2.14. The van der Waals surface area contributed by atoms with E-state index in [0.717, 1.165) is 16.7 Å². The highest BCUT2D eigenvalue weighted by molar-refractivity contribution is 8.18. The van der Waals surface area contributed by atoms with Crippen molar-refractivity contribution in [2.75, 3.05) is 20.3 Å².